The zero-order chi connectivity index (χ0) is 44.7. The van der Waals surface area contributed by atoms with Gasteiger partial charge in [-0.3, -0.25) is 28.4 Å². The molecular weight excluding hydrogens is 803 g/mol. The van der Waals surface area contributed by atoms with Crippen LogP contribution < -0.4 is 16.4 Å². The van der Waals surface area contributed by atoms with Gasteiger partial charge in [-0.25, -0.2) is 18.7 Å². The Hall–Kier alpha value is -6.51. The van der Waals surface area contributed by atoms with Gasteiger partial charge in [-0.05, 0) is 119 Å². The Morgan fingerprint density at radius 1 is 0.683 bits per heavy atom. The molecule has 11 nitrogen and oxygen atoms in total. The second kappa shape index (κ2) is 19.3. The van der Waals surface area contributed by atoms with Gasteiger partial charge in [0.2, 0.25) is 0 Å². The molecule has 0 amide bonds. The highest BCUT2D eigenvalue weighted by atomic mass is 19.1. The monoisotopic (exact) mass is 852 g/mol. The van der Waals surface area contributed by atoms with Gasteiger partial charge in [0.1, 0.15) is 23.3 Å². The van der Waals surface area contributed by atoms with Crippen molar-refractivity contribution < 1.29 is 23.8 Å². The van der Waals surface area contributed by atoms with E-state index in [1.807, 2.05) is 39.5 Å². The summed E-state index contributed by atoms with van der Waals surface area (Å²) in [5.41, 5.74) is 4.18. The van der Waals surface area contributed by atoms with Crippen LogP contribution in [-0.2, 0) is 30.7 Å². The number of carboxylic acids is 1. The van der Waals surface area contributed by atoms with Crippen molar-refractivity contribution in [2.24, 2.45) is 0 Å². The lowest BCUT2D eigenvalue weighted by Gasteiger charge is -2.41. The summed E-state index contributed by atoms with van der Waals surface area (Å²) in [6.07, 6.45) is 8.58. The SMILES string of the molecule is CC(=O)O.CN1CCCCC12Cc1nc3cc(C#Cc4cccc(F)c4)ccc3c(=O)n1C2.CO.O=c1c2ccc(C#Cc3cccc(F)c3)cc2nc2n1CC1(CCCCN1)C2. The normalized spacial score (nSPS) is 19.5. The Morgan fingerprint density at radius 2 is 1.17 bits per heavy atom. The number of halogens is 2. The van der Waals surface area contributed by atoms with Crippen LogP contribution in [0.5, 0.6) is 0 Å². The van der Waals surface area contributed by atoms with Gasteiger partial charge in [-0.2, -0.15) is 0 Å². The van der Waals surface area contributed by atoms with Crippen molar-refractivity contribution in [3.63, 3.8) is 0 Å². The highest BCUT2D eigenvalue weighted by molar-refractivity contribution is 5.80. The van der Waals surface area contributed by atoms with E-state index in [0.29, 0.717) is 39.5 Å². The fourth-order valence-electron chi connectivity index (χ4n) is 8.98. The summed E-state index contributed by atoms with van der Waals surface area (Å²) in [5, 5.41) is 19.3. The van der Waals surface area contributed by atoms with Crippen molar-refractivity contribution in [1.29, 1.82) is 0 Å². The van der Waals surface area contributed by atoms with Crippen LogP contribution in [0, 0.1) is 35.3 Å². The van der Waals surface area contributed by atoms with E-state index in [1.165, 1.54) is 49.9 Å². The van der Waals surface area contributed by atoms with Gasteiger partial charge >= 0.3 is 0 Å². The molecule has 6 aromatic rings. The Balaban J connectivity index is 0.000000168. The van der Waals surface area contributed by atoms with Crippen LogP contribution in [0.3, 0.4) is 0 Å². The van der Waals surface area contributed by atoms with Crippen LogP contribution in [0.15, 0.2) is 94.5 Å². The first-order valence-corrected chi connectivity index (χ1v) is 21.1. The summed E-state index contributed by atoms with van der Waals surface area (Å²) in [6.45, 7) is 4.58. The van der Waals surface area contributed by atoms with E-state index in [4.69, 9.17) is 25.0 Å². The Morgan fingerprint density at radius 3 is 1.67 bits per heavy atom. The standard InChI is InChI=1S/C24H22FN3O.C23H20FN3O.C2H4O2.CH4O/c1-27-12-3-2-11-24(27)15-22-26-21-14-18(8-7-17-5-4-6-19(25)13-17)9-10-20(21)23(29)28(22)16-24;24-18-5-3-4-16(12-18)6-7-17-8-9-19-20(13-17)26-21-14-23(10-1-2-11-25-23)15-27(21)22(19)28;1-2(3)4;1-2/h4-6,9-10,13-14H,2-3,11-12,15-16H2,1H3;3-5,8-9,12-13,25H,1-2,10-11,14-15H2;1H3,(H,3,4);2H,1H3. The number of aliphatic hydroxyl groups excluding tert-OH is 1. The molecule has 6 heterocycles. The molecule has 4 aliphatic rings. The molecule has 2 atom stereocenters. The molecule has 2 spiro atoms. The van der Waals surface area contributed by atoms with Gasteiger partial charge in [-0.15, -0.1) is 0 Å². The summed E-state index contributed by atoms with van der Waals surface area (Å²) < 4.78 is 30.3. The molecule has 324 valence electrons. The maximum Gasteiger partial charge on any atom is 0.300 e. The number of aliphatic hydroxyl groups is 1. The predicted molar refractivity (Wildman–Crippen MR) is 239 cm³/mol. The molecule has 10 rings (SSSR count). The average molecular weight is 853 g/mol. The molecule has 0 radical (unpaired) electrons. The lowest BCUT2D eigenvalue weighted by Crippen LogP contribution is -2.51. The molecule has 4 aromatic carbocycles. The van der Waals surface area contributed by atoms with Gasteiger partial charge in [0, 0.05) is 73.3 Å². The molecule has 2 saturated heterocycles. The molecule has 2 fully saturated rings. The van der Waals surface area contributed by atoms with E-state index in [-0.39, 0.29) is 33.8 Å². The summed E-state index contributed by atoms with van der Waals surface area (Å²) in [5.74, 6) is 12.3. The van der Waals surface area contributed by atoms with E-state index >= 15 is 0 Å². The number of benzene rings is 4. The molecule has 63 heavy (non-hydrogen) atoms. The third kappa shape index (κ3) is 10.1. The fourth-order valence-corrected chi connectivity index (χ4v) is 8.98. The van der Waals surface area contributed by atoms with Crippen molar-refractivity contribution >= 4 is 27.8 Å². The van der Waals surface area contributed by atoms with E-state index in [1.54, 1.807) is 30.3 Å². The largest absolute Gasteiger partial charge is 0.481 e. The van der Waals surface area contributed by atoms with Gasteiger partial charge in [0.05, 0.1) is 21.8 Å². The number of hydrogen-bond donors (Lipinski definition) is 3. The number of likely N-dealkylation sites (N-methyl/N-ethyl adjacent to an activating group) is 1. The van der Waals surface area contributed by atoms with Crippen molar-refractivity contribution in [3.05, 3.63) is 151 Å². The molecule has 0 aliphatic carbocycles. The number of aliphatic carboxylic acids is 1. The maximum absolute atomic E-state index is 13.3. The first-order valence-electron chi connectivity index (χ1n) is 21.1. The molecule has 2 aromatic heterocycles. The van der Waals surface area contributed by atoms with Crippen LogP contribution in [0.1, 0.15) is 79.4 Å². The van der Waals surface area contributed by atoms with E-state index < -0.39 is 5.97 Å². The number of piperidine rings is 2. The van der Waals surface area contributed by atoms with Crippen LogP contribution in [0.2, 0.25) is 0 Å². The topological polar surface area (TPSA) is 143 Å². The quantitative estimate of drug-likeness (QED) is 0.156. The lowest BCUT2D eigenvalue weighted by atomic mass is 9.86. The molecule has 4 aliphatic heterocycles. The van der Waals surface area contributed by atoms with Crippen LogP contribution in [-0.4, -0.2) is 78.5 Å². The van der Waals surface area contributed by atoms with Gasteiger partial charge < -0.3 is 15.5 Å². The number of nitrogens with one attached hydrogen (secondary N) is 1. The van der Waals surface area contributed by atoms with Gasteiger partial charge in [0.15, 0.2) is 0 Å². The minimum absolute atomic E-state index is 0.0190. The maximum atomic E-state index is 13.3. The number of nitrogens with zero attached hydrogens (tertiary/aromatic N) is 5. The molecule has 0 saturated carbocycles. The first-order chi connectivity index (χ1) is 30.4. The molecule has 0 bridgehead atoms. The van der Waals surface area contributed by atoms with Crippen LogP contribution >= 0.6 is 0 Å². The average Bonchev–Trinajstić information content (AvgIpc) is 3.82. The zero-order valence-corrected chi connectivity index (χ0v) is 35.7. The number of fused-ring (bicyclic) bond motifs is 4. The van der Waals surface area contributed by atoms with Gasteiger partial charge in [0.25, 0.3) is 17.1 Å². The number of carboxylic acid groups (broad SMARTS) is 1. The molecule has 3 N–H and O–H groups in total. The van der Waals surface area contributed by atoms with E-state index in [0.717, 1.165) is 82.1 Å². The van der Waals surface area contributed by atoms with E-state index in [2.05, 4.69) is 40.9 Å². The highest BCUT2D eigenvalue weighted by Gasteiger charge is 2.43. The highest BCUT2D eigenvalue weighted by Crippen LogP contribution is 2.36. The number of hydrogen-bond acceptors (Lipinski definition) is 8. The number of carbonyl (C=O) groups is 1. The molecule has 13 heteroatoms. The Labute approximate surface area is 364 Å². The minimum Gasteiger partial charge on any atom is -0.481 e. The summed E-state index contributed by atoms with van der Waals surface area (Å²) in [4.78, 5) is 47.1. The fraction of sp³-hybridized carbons (Fsp3) is 0.340. The molecule has 2 unspecified atom stereocenters. The predicted octanol–water partition coefficient (Wildman–Crippen LogP) is 6.05. The van der Waals surface area contributed by atoms with Gasteiger partial charge in [-0.1, -0.05) is 48.7 Å². The second-order valence-corrected chi connectivity index (χ2v) is 16.5. The molecular formula is C50H50F2N6O5. The zero-order valence-electron chi connectivity index (χ0n) is 35.7. The minimum atomic E-state index is -0.833. The number of likely N-dealkylation sites (tertiary alicyclic amines) is 1. The summed E-state index contributed by atoms with van der Waals surface area (Å²) in [6, 6.07) is 23.4. The van der Waals surface area contributed by atoms with Crippen LogP contribution in [0.4, 0.5) is 8.78 Å². The number of rotatable bonds is 0. The lowest BCUT2D eigenvalue weighted by molar-refractivity contribution is -0.134. The number of aromatic nitrogens is 4. The van der Waals surface area contributed by atoms with Crippen molar-refractivity contribution in [2.45, 2.75) is 82.5 Å². The smallest absolute Gasteiger partial charge is 0.300 e. The van der Waals surface area contributed by atoms with E-state index in [9.17, 15) is 18.4 Å². The van der Waals surface area contributed by atoms with Crippen molar-refractivity contribution in [2.75, 3.05) is 27.2 Å². The second-order valence-electron chi connectivity index (χ2n) is 16.5. The van der Waals surface area contributed by atoms with Crippen molar-refractivity contribution in [1.82, 2.24) is 29.3 Å². The van der Waals surface area contributed by atoms with Crippen LogP contribution in [0.25, 0.3) is 21.8 Å². The Bertz CT molecular complexity index is 2930. The Kier molecular flexibility index (Phi) is 13.6. The summed E-state index contributed by atoms with van der Waals surface area (Å²) >= 11 is 0. The third-order valence-corrected chi connectivity index (χ3v) is 12.1. The van der Waals surface area contributed by atoms with Crippen molar-refractivity contribution in [3.8, 4) is 23.7 Å². The third-order valence-electron chi connectivity index (χ3n) is 12.1. The first kappa shape index (κ1) is 44.5. The summed E-state index contributed by atoms with van der Waals surface area (Å²) in [7, 11) is 3.16.